The van der Waals surface area contributed by atoms with Crippen molar-refractivity contribution in [1.82, 2.24) is 0 Å². The molecule has 23 heavy (non-hydrogen) atoms. The zero-order valence-electron chi connectivity index (χ0n) is 12.8. The standard InChI is InChI=1S/C17H18O6/c1-21-11-8-12(22-2)14-13(9-11)23-15(16(18)17(14,19)20)10-6-4-3-5-7-10/h3-9,15-16,18-20H,1-2H3. The first kappa shape index (κ1) is 15.6. The van der Waals surface area contributed by atoms with Gasteiger partial charge >= 0.3 is 0 Å². The molecule has 0 amide bonds. The minimum atomic E-state index is -2.52. The Morgan fingerprint density at radius 3 is 2.35 bits per heavy atom. The van der Waals surface area contributed by atoms with Crippen molar-refractivity contribution in [3.63, 3.8) is 0 Å². The van der Waals surface area contributed by atoms with Crippen LogP contribution in [-0.4, -0.2) is 35.6 Å². The van der Waals surface area contributed by atoms with E-state index >= 15 is 0 Å². The lowest BCUT2D eigenvalue weighted by molar-refractivity contribution is -0.266. The van der Waals surface area contributed by atoms with Crippen LogP contribution in [0.25, 0.3) is 0 Å². The van der Waals surface area contributed by atoms with Gasteiger partial charge in [0.1, 0.15) is 17.2 Å². The normalized spacial score (nSPS) is 22.0. The summed E-state index contributed by atoms with van der Waals surface area (Å²) in [5.41, 5.74) is 0.598. The van der Waals surface area contributed by atoms with E-state index < -0.39 is 18.0 Å². The number of fused-ring (bicyclic) bond motifs is 1. The average Bonchev–Trinajstić information content (AvgIpc) is 2.57. The van der Waals surface area contributed by atoms with Gasteiger partial charge in [-0.3, -0.25) is 0 Å². The van der Waals surface area contributed by atoms with Crippen molar-refractivity contribution in [2.45, 2.75) is 18.0 Å². The number of benzene rings is 2. The van der Waals surface area contributed by atoms with E-state index in [0.717, 1.165) is 0 Å². The highest BCUT2D eigenvalue weighted by atomic mass is 16.6. The first-order valence-corrected chi connectivity index (χ1v) is 7.10. The van der Waals surface area contributed by atoms with Crippen LogP contribution in [0.2, 0.25) is 0 Å². The minimum absolute atomic E-state index is 0.0273. The Kier molecular flexibility index (Phi) is 3.89. The number of ether oxygens (including phenoxy) is 3. The maximum absolute atomic E-state index is 10.5. The molecule has 2 unspecified atom stereocenters. The highest BCUT2D eigenvalue weighted by Gasteiger charge is 2.50. The second-order valence-electron chi connectivity index (χ2n) is 5.32. The number of aliphatic hydroxyl groups excluding tert-OH is 1. The molecule has 1 aliphatic rings. The van der Waals surface area contributed by atoms with Crippen LogP contribution in [0.4, 0.5) is 0 Å². The van der Waals surface area contributed by atoms with Crippen molar-refractivity contribution in [2.24, 2.45) is 0 Å². The van der Waals surface area contributed by atoms with Crippen LogP contribution in [0.3, 0.4) is 0 Å². The molecule has 2 aromatic rings. The maximum Gasteiger partial charge on any atom is 0.228 e. The van der Waals surface area contributed by atoms with Gasteiger partial charge in [-0.25, -0.2) is 0 Å². The largest absolute Gasteiger partial charge is 0.496 e. The number of rotatable bonds is 3. The van der Waals surface area contributed by atoms with Gasteiger partial charge in [0.15, 0.2) is 12.2 Å². The predicted octanol–water partition coefficient (Wildman–Crippen LogP) is 1.34. The molecule has 0 aromatic heterocycles. The van der Waals surface area contributed by atoms with Crippen LogP contribution in [0.15, 0.2) is 42.5 Å². The summed E-state index contributed by atoms with van der Waals surface area (Å²) in [7, 11) is 2.87. The molecule has 2 atom stereocenters. The van der Waals surface area contributed by atoms with E-state index in [1.807, 2.05) is 6.07 Å². The van der Waals surface area contributed by atoms with Crippen molar-refractivity contribution in [2.75, 3.05) is 14.2 Å². The molecular weight excluding hydrogens is 300 g/mol. The topological polar surface area (TPSA) is 88.4 Å². The third-order valence-electron chi connectivity index (χ3n) is 3.94. The Bertz CT molecular complexity index is 698. The molecule has 3 N–H and O–H groups in total. The molecule has 1 heterocycles. The Labute approximate surface area is 133 Å². The van der Waals surface area contributed by atoms with Gasteiger partial charge in [-0.15, -0.1) is 0 Å². The molecule has 0 saturated carbocycles. The molecule has 0 fully saturated rings. The molecule has 0 saturated heterocycles. The lowest BCUT2D eigenvalue weighted by Gasteiger charge is -2.40. The molecule has 0 radical (unpaired) electrons. The van der Waals surface area contributed by atoms with Crippen LogP contribution in [0, 0.1) is 0 Å². The van der Waals surface area contributed by atoms with Crippen molar-refractivity contribution in [3.05, 3.63) is 53.6 Å². The summed E-state index contributed by atoms with van der Waals surface area (Å²) in [4.78, 5) is 0. The van der Waals surface area contributed by atoms with E-state index in [1.165, 1.54) is 26.4 Å². The zero-order valence-corrected chi connectivity index (χ0v) is 12.8. The summed E-state index contributed by atoms with van der Waals surface area (Å²) >= 11 is 0. The second-order valence-corrected chi connectivity index (χ2v) is 5.32. The highest BCUT2D eigenvalue weighted by Crippen LogP contribution is 2.49. The summed E-state index contributed by atoms with van der Waals surface area (Å²) in [6.07, 6.45) is -2.52. The van der Waals surface area contributed by atoms with Gasteiger partial charge in [-0.05, 0) is 5.56 Å². The quantitative estimate of drug-likeness (QED) is 0.740. The molecule has 122 valence electrons. The smallest absolute Gasteiger partial charge is 0.228 e. The van der Waals surface area contributed by atoms with Crippen molar-refractivity contribution in [1.29, 1.82) is 0 Å². The van der Waals surface area contributed by atoms with Gasteiger partial charge in [0.2, 0.25) is 5.79 Å². The summed E-state index contributed by atoms with van der Waals surface area (Å²) in [6.45, 7) is 0. The molecule has 6 heteroatoms. The fourth-order valence-corrected chi connectivity index (χ4v) is 2.75. The maximum atomic E-state index is 10.5. The van der Waals surface area contributed by atoms with Crippen molar-refractivity contribution >= 4 is 0 Å². The van der Waals surface area contributed by atoms with Crippen LogP contribution < -0.4 is 14.2 Å². The van der Waals surface area contributed by atoms with Crippen LogP contribution in [0.5, 0.6) is 17.2 Å². The van der Waals surface area contributed by atoms with Crippen LogP contribution >= 0.6 is 0 Å². The molecule has 0 spiro atoms. The number of methoxy groups -OCH3 is 2. The monoisotopic (exact) mass is 318 g/mol. The Balaban J connectivity index is 2.15. The molecule has 0 aliphatic carbocycles. The van der Waals surface area contributed by atoms with Crippen molar-refractivity contribution < 1.29 is 29.5 Å². The highest BCUT2D eigenvalue weighted by molar-refractivity contribution is 5.55. The average molecular weight is 318 g/mol. The van der Waals surface area contributed by atoms with E-state index in [4.69, 9.17) is 14.2 Å². The molecule has 3 rings (SSSR count). The predicted molar refractivity (Wildman–Crippen MR) is 81.5 cm³/mol. The van der Waals surface area contributed by atoms with Crippen molar-refractivity contribution in [3.8, 4) is 17.2 Å². The summed E-state index contributed by atoms with van der Waals surface area (Å²) in [6, 6.07) is 11.9. The number of aliphatic hydroxyl groups is 3. The van der Waals surface area contributed by atoms with E-state index in [1.54, 1.807) is 24.3 Å². The van der Waals surface area contributed by atoms with Gasteiger partial charge < -0.3 is 29.5 Å². The fraction of sp³-hybridized carbons (Fsp3) is 0.294. The molecule has 1 aliphatic heterocycles. The van der Waals surface area contributed by atoms with Crippen LogP contribution in [-0.2, 0) is 5.79 Å². The van der Waals surface area contributed by atoms with Gasteiger partial charge in [0, 0.05) is 12.1 Å². The summed E-state index contributed by atoms with van der Waals surface area (Å²) < 4.78 is 16.2. The number of hydrogen-bond acceptors (Lipinski definition) is 6. The molecule has 0 bridgehead atoms. The van der Waals surface area contributed by atoms with E-state index in [9.17, 15) is 15.3 Å². The van der Waals surface area contributed by atoms with E-state index in [2.05, 4.69) is 0 Å². The summed E-state index contributed by atoms with van der Waals surface area (Å²) in [5.74, 6) is -1.73. The third kappa shape index (κ3) is 2.50. The van der Waals surface area contributed by atoms with E-state index in [0.29, 0.717) is 11.3 Å². The Hall–Kier alpha value is -2.28. The molecule has 2 aromatic carbocycles. The van der Waals surface area contributed by atoms with Gasteiger partial charge in [-0.1, -0.05) is 30.3 Å². The minimum Gasteiger partial charge on any atom is -0.496 e. The zero-order chi connectivity index (χ0) is 16.6. The number of hydrogen-bond donors (Lipinski definition) is 3. The Morgan fingerprint density at radius 1 is 1.04 bits per heavy atom. The SMILES string of the molecule is COc1cc(OC)c2c(c1)OC(c1ccccc1)C(O)C2(O)O. The second kappa shape index (κ2) is 5.73. The molecule has 6 nitrogen and oxygen atoms in total. The molecular formula is C17H18O6. The van der Waals surface area contributed by atoms with Gasteiger partial charge in [0.05, 0.1) is 19.8 Å². The lowest BCUT2D eigenvalue weighted by Crippen LogP contribution is -2.48. The first-order valence-electron chi connectivity index (χ1n) is 7.10. The lowest BCUT2D eigenvalue weighted by atomic mass is 9.88. The Morgan fingerprint density at radius 2 is 1.74 bits per heavy atom. The first-order chi connectivity index (χ1) is 11.0. The fourth-order valence-electron chi connectivity index (χ4n) is 2.75. The van der Waals surface area contributed by atoms with Gasteiger partial charge in [0.25, 0.3) is 0 Å². The van der Waals surface area contributed by atoms with E-state index in [-0.39, 0.29) is 17.1 Å². The van der Waals surface area contributed by atoms with Gasteiger partial charge in [-0.2, -0.15) is 0 Å². The summed E-state index contributed by atoms with van der Waals surface area (Å²) in [5, 5.41) is 31.4. The van der Waals surface area contributed by atoms with Crippen LogP contribution in [0.1, 0.15) is 17.2 Å². The third-order valence-corrected chi connectivity index (χ3v) is 3.94.